The van der Waals surface area contributed by atoms with Gasteiger partial charge in [-0.3, -0.25) is 9.69 Å². The van der Waals surface area contributed by atoms with Crippen molar-refractivity contribution in [3.05, 3.63) is 34.9 Å². The molecule has 0 fully saturated rings. The fourth-order valence-electron chi connectivity index (χ4n) is 2.01. The molecule has 1 aromatic carbocycles. The maximum absolute atomic E-state index is 11.3. The van der Waals surface area contributed by atoms with E-state index in [1.165, 1.54) is 0 Å². The highest BCUT2D eigenvalue weighted by atomic mass is 35.5. The zero-order valence-corrected chi connectivity index (χ0v) is 12.7. The molecule has 106 valence electrons. The van der Waals surface area contributed by atoms with E-state index in [9.17, 15) is 9.90 Å². The number of rotatable bonds is 6. The quantitative estimate of drug-likeness (QED) is 0.862. The Morgan fingerprint density at radius 1 is 1.42 bits per heavy atom. The van der Waals surface area contributed by atoms with Gasteiger partial charge in [-0.05, 0) is 45.0 Å². The van der Waals surface area contributed by atoms with Gasteiger partial charge in [-0.1, -0.05) is 30.7 Å². The lowest BCUT2D eigenvalue weighted by Crippen LogP contribution is -2.40. The molecule has 0 saturated heterocycles. The van der Waals surface area contributed by atoms with Gasteiger partial charge in [0.1, 0.15) is 0 Å². The van der Waals surface area contributed by atoms with E-state index in [0.29, 0.717) is 18.0 Å². The molecule has 4 heteroatoms. The van der Waals surface area contributed by atoms with Crippen LogP contribution in [0.5, 0.6) is 0 Å². The van der Waals surface area contributed by atoms with Crippen LogP contribution in [0.1, 0.15) is 38.8 Å². The number of carboxylic acids is 1. The van der Waals surface area contributed by atoms with Crippen LogP contribution in [0.25, 0.3) is 0 Å². The third-order valence-corrected chi connectivity index (χ3v) is 4.16. The van der Waals surface area contributed by atoms with Gasteiger partial charge >= 0.3 is 5.97 Å². The van der Waals surface area contributed by atoms with Gasteiger partial charge in [0, 0.05) is 17.6 Å². The lowest BCUT2D eigenvalue weighted by Gasteiger charge is -2.33. The monoisotopic (exact) mass is 283 g/mol. The first-order valence-electron chi connectivity index (χ1n) is 6.49. The van der Waals surface area contributed by atoms with Gasteiger partial charge in [0.05, 0.1) is 5.41 Å². The minimum atomic E-state index is -0.745. The van der Waals surface area contributed by atoms with Gasteiger partial charge in [-0.2, -0.15) is 0 Å². The summed E-state index contributed by atoms with van der Waals surface area (Å²) in [6.07, 6.45) is 0.611. The highest BCUT2D eigenvalue weighted by Gasteiger charge is 2.33. The summed E-state index contributed by atoms with van der Waals surface area (Å²) in [5.41, 5.74) is 0.422. The van der Waals surface area contributed by atoms with Crippen LogP contribution in [0.4, 0.5) is 0 Å². The predicted octanol–water partition coefficient (Wildman–Crippen LogP) is 3.83. The van der Waals surface area contributed by atoms with Gasteiger partial charge in [-0.25, -0.2) is 0 Å². The molecular formula is C15H22ClNO2. The van der Waals surface area contributed by atoms with Crippen molar-refractivity contribution in [1.29, 1.82) is 0 Å². The lowest BCUT2D eigenvalue weighted by atomic mass is 9.86. The average molecular weight is 284 g/mol. The summed E-state index contributed by atoms with van der Waals surface area (Å²) >= 11 is 5.88. The van der Waals surface area contributed by atoms with Gasteiger partial charge < -0.3 is 5.11 Å². The number of halogens is 1. The molecule has 1 aromatic rings. The smallest absolute Gasteiger partial charge is 0.310 e. The summed E-state index contributed by atoms with van der Waals surface area (Å²) < 4.78 is 0. The molecule has 0 radical (unpaired) electrons. The molecule has 1 rings (SSSR count). The standard InChI is InChI=1S/C15H22ClNO2/c1-5-15(3,14(18)19)10-17(4)11(2)12-6-8-13(16)9-7-12/h6-9,11H,5,10H2,1-4H3,(H,18,19). The molecule has 19 heavy (non-hydrogen) atoms. The van der Waals surface area contributed by atoms with Crippen LogP contribution < -0.4 is 0 Å². The Balaban J connectivity index is 2.80. The maximum Gasteiger partial charge on any atom is 0.310 e. The molecule has 0 aliphatic rings. The Bertz CT molecular complexity index is 432. The number of aliphatic carboxylic acids is 1. The number of benzene rings is 1. The van der Waals surface area contributed by atoms with Gasteiger partial charge in [0.15, 0.2) is 0 Å². The van der Waals surface area contributed by atoms with Crippen molar-refractivity contribution >= 4 is 17.6 Å². The molecule has 3 nitrogen and oxygen atoms in total. The van der Waals surface area contributed by atoms with Crippen LogP contribution in [0.3, 0.4) is 0 Å². The van der Waals surface area contributed by atoms with E-state index in [0.717, 1.165) is 5.56 Å². The van der Waals surface area contributed by atoms with Crippen LogP contribution in [0.15, 0.2) is 24.3 Å². The van der Waals surface area contributed by atoms with E-state index in [2.05, 4.69) is 11.8 Å². The number of nitrogens with zero attached hydrogens (tertiary/aromatic N) is 1. The van der Waals surface area contributed by atoms with Crippen molar-refractivity contribution in [3.63, 3.8) is 0 Å². The number of hydrogen-bond donors (Lipinski definition) is 1. The summed E-state index contributed by atoms with van der Waals surface area (Å²) in [6, 6.07) is 7.83. The normalized spacial score (nSPS) is 16.1. The van der Waals surface area contributed by atoms with Crippen LogP contribution in [0.2, 0.25) is 5.02 Å². The second kappa shape index (κ2) is 6.40. The lowest BCUT2D eigenvalue weighted by molar-refractivity contribution is -0.149. The SMILES string of the molecule is CCC(C)(CN(C)C(C)c1ccc(Cl)cc1)C(=O)O. The first kappa shape index (κ1) is 16.0. The molecule has 0 amide bonds. The van der Waals surface area contributed by atoms with Crippen molar-refractivity contribution < 1.29 is 9.90 Å². The Kier molecular flexibility index (Phi) is 5.39. The predicted molar refractivity (Wildman–Crippen MR) is 78.5 cm³/mol. The van der Waals surface area contributed by atoms with Crippen molar-refractivity contribution in [2.75, 3.05) is 13.6 Å². The minimum absolute atomic E-state index is 0.155. The number of carboxylic acid groups (broad SMARTS) is 1. The molecule has 0 saturated carbocycles. The largest absolute Gasteiger partial charge is 0.481 e. The first-order valence-corrected chi connectivity index (χ1v) is 6.87. The Hall–Kier alpha value is -1.06. The highest BCUT2D eigenvalue weighted by Crippen LogP contribution is 2.27. The number of carbonyl (C=O) groups is 1. The average Bonchev–Trinajstić information content (AvgIpc) is 2.38. The fourth-order valence-corrected chi connectivity index (χ4v) is 2.14. The zero-order chi connectivity index (χ0) is 14.6. The Morgan fingerprint density at radius 2 is 1.95 bits per heavy atom. The summed E-state index contributed by atoms with van der Waals surface area (Å²) in [7, 11) is 1.95. The van der Waals surface area contributed by atoms with E-state index in [4.69, 9.17) is 11.6 Å². The van der Waals surface area contributed by atoms with E-state index < -0.39 is 11.4 Å². The summed E-state index contributed by atoms with van der Waals surface area (Å²) in [5.74, 6) is -0.745. The number of hydrogen-bond acceptors (Lipinski definition) is 2. The topological polar surface area (TPSA) is 40.5 Å². The molecule has 0 aliphatic carbocycles. The van der Waals surface area contributed by atoms with E-state index in [1.54, 1.807) is 6.92 Å². The maximum atomic E-state index is 11.3. The van der Waals surface area contributed by atoms with Crippen LogP contribution in [-0.2, 0) is 4.79 Å². The third-order valence-electron chi connectivity index (χ3n) is 3.91. The highest BCUT2D eigenvalue weighted by molar-refractivity contribution is 6.30. The second-order valence-corrected chi connectivity index (χ2v) is 5.80. The van der Waals surface area contributed by atoms with Crippen LogP contribution in [0, 0.1) is 5.41 Å². The van der Waals surface area contributed by atoms with Crippen LogP contribution in [-0.4, -0.2) is 29.6 Å². The van der Waals surface area contributed by atoms with Crippen molar-refractivity contribution in [2.45, 2.75) is 33.2 Å². The van der Waals surface area contributed by atoms with E-state index >= 15 is 0 Å². The molecule has 0 spiro atoms. The van der Waals surface area contributed by atoms with Gasteiger partial charge in [-0.15, -0.1) is 0 Å². The Labute approximate surface area is 120 Å². The second-order valence-electron chi connectivity index (χ2n) is 5.36. The van der Waals surface area contributed by atoms with Gasteiger partial charge in [0.25, 0.3) is 0 Å². The Morgan fingerprint density at radius 3 is 2.37 bits per heavy atom. The molecule has 2 atom stereocenters. The summed E-state index contributed by atoms with van der Waals surface area (Å²) in [6.45, 7) is 6.29. The molecule has 0 heterocycles. The van der Waals surface area contributed by atoms with E-state index in [1.807, 2.05) is 38.2 Å². The third kappa shape index (κ3) is 3.95. The van der Waals surface area contributed by atoms with Crippen molar-refractivity contribution in [1.82, 2.24) is 4.90 Å². The summed E-state index contributed by atoms with van der Waals surface area (Å²) in [5, 5.41) is 10.0. The first-order chi connectivity index (χ1) is 8.80. The molecule has 0 bridgehead atoms. The van der Waals surface area contributed by atoms with E-state index in [-0.39, 0.29) is 6.04 Å². The minimum Gasteiger partial charge on any atom is -0.481 e. The van der Waals surface area contributed by atoms with Gasteiger partial charge in [0.2, 0.25) is 0 Å². The molecule has 1 N–H and O–H groups in total. The van der Waals surface area contributed by atoms with Crippen LogP contribution >= 0.6 is 11.6 Å². The fraction of sp³-hybridized carbons (Fsp3) is 0.533. The molecule has 0 aliphatic heterocycles. The van der Waals surface area contributed by atoms with Crippen molar-refractivity contribution in [3.8, 4) is 0 Å². The molecular weight excluding hydrogens is 262 g/mol. The molecule has 2 unspecified atom stereocenters. The zero-order valence-electron chi connectivity index (χ0n) is 12.0. The molecule has 0 aromatic heterocycles. The summed E-state index contributed by atoms with van der Waals surface area (Å²) in [4.78, 5) is 13.4. The van der Waals surface area contributed by atoms with Crippen molar-refractivity contribution in [2.24, 2.45) is 5.41 Å².